The third-order valence-corrected chi connectivity index (χ3v) is 6.40. The van der Waals surface area contributed by atoms with Gasteiger partial charge in [0.2, 0.25) is 0 Å². The summed E-state index contributed by atoms with van der Waals surface area (Å²) in [5.41, 5.74) is 5.91. The fourth-order valence-electron chi connectivity index (χ4n) is 4.59. The standard InChI is InChI=1S/C26H30N4O2/c1-28-12-9-21(10-13-28)32-22-7-8-25(26(15-22)31-3)30-14-11-24-19(18-30)5-4-6-23(24)20-16-27-29(2)17-20/h4-8,11,14-17,21H,9-10,12-13,18H2,1-3H3. The summed E-state index contributed by atoms with van der Waals surface area (Å²) >= 11 is 0. The number of aryl methyl sites for hydroxylation is 1. The average molecular weight is 431 g/mol. The van der Waals surface area contributed by atoms with Crippen LogP contribution >= 0.6 is 0 Å². The first kappa shape index (κ1) is 20.6. The van der Waals surface area contributed by atoms with E-state index in [1.165, 1.54) is 16.7 Å². The van der Waals surface area contributed by atoms with Gasteiger partial charge in [-0.2, -0.15) is 5.10 Å². The Balaban J connectivity index is 1.37. The minimum absolute atomic E-state index is 0.273. The van der Waals surface area contributed by atoms with Crippen molar-refractivity contribution in [3.05, 3.63) is 66.1 Å². The van der Waals surface area contributed by atoms with Gasteiger partial charge in [0.1, 0.15) is 17.6 Å². The molecule has 0 unspecified atom stereocenters. The van der Waals surface area contributed by atoms with Gasteiger partial charge in [-0.25, -0.2) is 0 Å². The molecule has 3 aromatic rings. The van der Waals surface area contributed by atoms with Crippen LogP contribution in [0.15, 0.2) is 55.0 Å². The molecule has 0 N–H and O–H groups in total. The summed E-state index contributed by atoms with van der Waals surface area (Å²) in [6.07, 6.45) is 10.7. The maximum Gasteiger partial charge on any atom is 0.146 e. The SMILES string of the molecule is COc1cc(OC2CCN(C)CC2)ccc1N1C=Cc2c(cccc2-c2cnn(C)c2)C1. The Labute approximate surface area is 189 Å². The number of anilines is 1. The molecule has 1 saturated heterocycles. The van der Waals surface area contributed by atoms with Gasteiger partial charge >= 0.3 is 0 Å². The molecule has 0 saturated carbocycles. The Hall–Kier alpha value is -3.25. The fraction of sp³-hybridized carbons (Fsp3) is 0.346. The van der Waals surface area contributed by atoms with E-state index in [9.17, 15) is 0 Å². The summed E-state index contributed by atoms with van der Waals surface area (Å²) in [7, 11) is 5.83. The van der Waals surface area contributed by atoms with Gasteiger partial charge in [0.15, 0.2) is 0 Å². The van der Waals surface area contributed by atoms with Crippen LogP contribution in [-0.2, 0) is 13.6 Å². The molecule has 32 heavy (non-hydrogen) atoms. The molecule has 0 spiro atoms. The largest absolute Gasteiger partial charge is 0.494 e. The van der Waals surface area contributed by atoms with Gasteiger partial charge in [0, 0.05) is 50.7 Å². The van der Waals surface area contributed by atoms with E-state index in [-0.39, 0.29) is 6.10 Å². The van der Waals surface area contributed by atoms with Crippen LogP contribution in [0.3, 0.4) is 0 Å². The van der Waals surface area contributed by atoms with Crippen molar-refractivity contribution >= 4 is 11.8 Å². The molecule has 166 valence electrons. The van der Waals surface area contributed by atoms with Crippen molar-refractivity contribution in [2.24, 2.45) is 7.05 Å². The Morgan fingerprint density at radius 2 is 1.91 bits per heavy atom. The summed E-state index contributed by atoms with van der Waals surface area (Å²) in [6.45, 7) is 2.95. The summed E-state index contributed by atoms with van der Waals surface area (Å²) in [4.78, 5) is 4.58. The lowest BCUT2D eigenvalue weighted by atomic mass is 9.95. The normalized spacial score (nSPS) is 16.8. The number of piperidine rings is 1. The van der Waals surface area contributed by atoms with Gasteiger partial charge in [0.25, 0.3) is 0 Å². The molecule has 0 radical (unpaired) electrons. The van der Waals surface area contributed by atoms with Gasteiger partial charge in [-0.3, -0.25) is 4.68 Å². The first-order valence-electron chi connectivity index (χ1n) is 11.2. The van der Waals surface area contributed by atoms with Crippen LogP contribution in [0.25, 0.3) is 17.2 Å². The molecule has 2 aromatic carbocycles. The zero-order valence-corrected chi connectivity index (χ0v) is 19.0. The monoisotopic (exact) mass is 430 g/mol. The van der Waals surface area contributed by atoms with Crippen molar-refractivity contribution < 1.29 is 9.47 Å². The van der Waals surface area contributed by atoms with Gasteiger partial charge < -0.3 is 19.3 Å². The number of fused-ring (bicyclic) bond motifs is 1. The van der Waals surface area contributed by atoms with Crippen LogP contribution in [0.5, 0.6) is 11.5 Å². The molecule has 2 aliphatic rings. The van der Waals surface area contributed by atoms with E-state index < -0.39 is 0 Å². The number of nitrogens with zero attached hydrogens (tertiary/aromatic N) is 4. The summed E-state index contributed by atoms with van der Waals surface area (Å²) in [5, 5.41) is 4.33. The Kier molecular flexibility index (Phi) is 5.62. The Morgan fingerprint density at radius 1 is 1.06 bits per heavy atom. The molecule has 0 atom stereocenters. The zero-order valence-electron chi connectivity index (χ0n) is 19.0. The summed E-state index contributed by atoms with van der Waals surface area (Å²) in [5.74, 6) is 1.70. The first-order chi connectivity index (χ1) is 15.6. The lowest BCUT2D eigenvalue weighted by Crippen LogP contribution is -2.35. The minimum Gasteiger partial charge on any atom is -0.494 e. The smallest absolute Gasteiger partial charge is 0.146 e. The van der Waals surface area contributed by atoms with Gasteiger partial charge in [-0.15, -0.1) is 0 Å². The molecule has 0 aliphatic carbocycles. The predicted molar refractivity (Wildman–Crippen MR) is 128 cm³/mol. The van der Waals surface area contributed by atoms with E-state index in [0.29, 0.717) is 0 Å². The average Bonchev–Trinajstić information content (AvgIpc) is 3.25. The van der Waals surface area contributed by atoms with Crippen LogP contribution < -0.4 is 14.4 Å². The van der Waals surface area contributed by atoms with Gasteiger partial charge in [-0.1, -0.05) is 18.2 Å². The van der Waals surface area contributed by atoms with Crippen molar-refractivity contribution in [3.8, 4) is 22.6 Å². The van der Waals surface area contributed by atoms with Crippen LogP contribution in [-0.4, -0.2) is 48.0 Å². The third kappa shape index (κ3) is 4.10. The van der Waals surface area contributed by atoms with Crippen LogP contribution in [0.2, 0.25) is 0 Å². The second-order valence-electron chi connectivity index (χ2n) is 8.68. The summed E-state index contributed by atoms with van der Waals surface area (Å²) < 4.78 is 13.9. The molecule has 1 fully saturated rings. The van der Waals surface area contributed by atoms with Crippen LogP contribution in [0.4, 0.5) is 5.69 Å². The topological polar surface area (TPSA) is 42.8 Å². The molecule has 5 rings (SSSR count). The number of ether oxygens (including phenoxy) is 2. The Morgan fingerprint density at radius 3 is 2.66 bits per heavy atom. The third-order valence-electron chi connectivity index (χ3n) is 6.40. The molecular formula is C26H30N4O2. The predicted octanol–water partition coefficient (Wildman–Crippen LogP) is 4.56. The van der Waals surface area contributed by atoms with Crippen molar-refractivity contribution in [3.63, 3.8) is 0 Å². The second-order valence-corrected chi connectivity index (χ2v) is 8.68. The van der Waals surface area contributed by atoms with Gasteiger partial charge in [-0.05, 0) is 54.8 Å². The molecule has 6 heteroatoms. The molecule has 0 bridgehead atoms. The molecular weight excluding hydrogens is 400 g/mol. The van der Waals surface area contributed by atoms with E-state index in [0.717, 1.165) is 55.2 Å². The van der Waals surface area contributed by atoms with E-state index in [4.69, 9.17) is 9.47 Å². The molecule has 1 aromatic heterocycles. The van der Waals surface area contributed by atoms with Crippen LogP contribution in [0.1, 0.15) is 24.0 Å². The molecule has 6 nitrogen and oxygen atoms in total. The quantitative estimate of drug-likeness (QED) is 0.594. The molecule has 3 heterocycles. The van der Waals surface area contributed by atoms with Crippen LogP contribution in [0, 0.1) is 0 Å². The number of hydrogen-bond acceptors (Lipinski definition) is 5. The van der Waals surface area contributed by atoms with E-state index in [2.05, 4.69) is 70.8 Å². The Bertz CT molecular complexity index is 1130. The maximum atomic E-state index is 6.26. The molecule has 2 aliphatic heterocycles. The van der Waals surface area contributed by atoms with Crippen molar-refractivity contribution in [1.82, 2.24) is 14.7 Å². The van der Waals surface area contributed by atoms with E-state index >= 15 is 0 Å². The number of likely N-dealkylation sites (tertiary alicyclic amines) is 1. The summed E-state index contributed by atoms with van der Waals surface area (Å²) in [6, 6.07) is 12.6. The lowest BCUT2D eigenvalue weighted by molar-refractivity contribution is 0.114. The minimum atomic E-state index is 0.273. The van der Waals surface area contributed by atoms with Crippen molar-refractivity contribution in [1.29, 1.82) is 0 Å². The maximum absolute atomic E-state index is 6.26. The van der Waals surface area contributed by atoms with Gasteiger partial charge in [0.05, 0.1) is 19.0 Å². The number of benzene rings is 2. The second kappa shape index (κ2) is 8.71. The highest BCUT2D eigenvalue weighted by Crippen LogP contribution is 2.38. The fourth-order valence-corrected chi connectivity index (χ4v) is 4.59. The highest BCUT2D eigenvalue weighted by Gasteiger charge is 2.21. The first-order valence-corrected chi connectivity index (χ1v) is 11.2. The molecule has 0 amide bonds. The zero-order chi connectivity index (χ0) is 22.1. The lowest BCUT2D eigenvalue weighted by Gasteiger charge is -2.30. The number of hydrogen-bond donors (Lipinski definition) is 0. The van der Waals surface area contributed by atoms with E-state index in [1.807, 2.05) is 24.0 Å². The van der Waals surface area contributed by atoms with Crippen molar-refractivity contribution in [2.45, 2.75) is 25.5 Å². The highest BCUT2D eigenvalue weighted by molar-refractivity contribution is 5.79. The van der Waals surface area contributed by atoms with Crippen molar-refractivity contribution in [2.75, 3.05) is 32.1 Å². The highest BCUT2D eigenvalue weighted by atomic mass is 16.5. The van der Waals surface area contributed by atoms with E-state index in [1.54, 1.807) is 7.11 Å². The number of rotatable bonds is 5. The number of aromatic nitrogens is 2. The number of methoxy groups -OCH3 is 1.